The van der Waals surface area contributed by atoms with Crippen LogP contribution in [0.1, 0.15) is 12.7 Å². The predicted octanol–water partition coefficient (Wildman–Crippen LogP) is 1.76. The van der Waals surface area contributed by atoms with Gasteiger partial charge in [-0.3, -0.25) is 9.78 Å². The molecule has 0 fully saturated rings. The van der Waals surface area contributed by atoms with E-state index in [0.717, 1.165) is 0 Å². The lowest BCUT2D eigenvalue weighted by atomic mass is 10.3. The van der Waals surface area contributed by atoms with Gasteiger partial charge in [-0.05, 0) is 31.2 Å². The van der Waals surface area contributed by atoms with Crippen LogP contribution in [-0.2, 0) is 11.3 Å². The number of carbonyl (C=O) groups excluding carboxylic acids is 1. The summed E-state index contributed by atoms with van der Waals surface area (Å²) >= 11 is 0. The van der Waals surface area contributed by atoms with Crippen molar-refractivity contribution in [2.45, 2.75) is 19.6 Å². The number of nitrogens with one attached hydrogen (secondary N) is 1. The van der Waals surface area contributed by atoms with Crippen LogP contribution in [0.25, 0.3) is 0 Å². The Morgan fingerprint density at radius 1 is 1.50 bits per heavy atom. The molecule has 0 spiro atoms. The van der Waals surface area contributed by atoms with Crippen LogP contribution in [0.4, 0.5) is 0 Å². The van der Waals surface area contributed by atoms with E-state index in [4.69, 9.17) is 9.15 Å². The van der Waals surface area contributed by atoms with Gasteiger partial charge >= 0.3 is 0 Å². The van der Waals surface area contributed by atoms with E-state index in [1.807, 2.05) is 0 Å². The van der Waals surface area contributed by atoms with E-state index in [9.17, 15) is 4.79 Å². The fourth-order valence-electron chi connectivity index (χ4n) is 1.41. The highest BCUT2D eigenvalue weighted by atomic mass is 16.5. The van der Waals surface area contributed by atoms with E-state index in [1.54, 1.807) is 49.8 Å². The Morgan fingerprint density at radius 3 is 3.06 bits per heavy atom. The van der Waals surface area contributed by atoms with E-state index >= 15 is 0 Å². The highest BCUT2D eigenvalue weighted by Gasteiger charge is 2.14. The molecule has 1 unspecified atom stereocenters. The second-order valence-corrected chi connectivity index (χ2v) is 3.75. The van der Waals surface area contributed by atoms with Crippen molar-refractivity contribution >= 4 is 5.91 Å². The van der Waals surface area contributed by atoms with Crippen molar-refractivity contribution in [3.05, 3.63) is 48.7 Å². The van der Waals surface area contributed by atoms with Gasteiger partial charge in [0, 0.05) is 6.20 Å². The van der Waals surface area contributed by atoms with Gasteiger partial charge in [-0.1, -0.05) is 0 Å². The summed E-state index contributed by atoms with van der Waals surface area (Å²) in [6, 6.07) is 7.08. The van der Waals surface area contributed by atoms with Crippen LogP contribution in [0.5, 0.6) is 5.75 Å². The number of hydrogen-bond donors (Lipinski definition) is 1. The van der Waals surface area contributed by atoms with Gasteiger partial charge < -0.3 is 14.5 Å². The van der Waals surface area contributed by atoms with E-state index < -0.39 is 6.10 Å². The van der Waals surface area contributed by atoms with Crippen LogP contribution >= 0.6 is 0 Å². The van der Waals surface area contributed by atoms with Gasteiger partial charge in [0.25, 0.3) is 5.91 Å². The monoisotopic (exact) mass is 246 g/mol. The number of pyridine rings is 1. The SMILES string of the molecule is CC(Oc1cccnc1)C(=O)NCc1ccco1. The molecule has 0 saturated carbocycles. The van der Waals surface area contributed by atoms with Crippen LogP contribution in [0.3, 0.4) is 0 Å². The first-order valence-corrected chi connectivity index (χ1v) is 5.62. The summed E-state index contributed by atoms with van der Waals surface area (Å²) in [5.74, 6) is 1.07. The van der Waals surface area contributed by atoms with E-state index in [0.29, 0.717) is 18.1 Å². The second-order valence-electron chi connectivity index (χ2n) is 3.75. The molecule has 2 aromatic heterocycles. The van der Waals surface area contributed by atoms with Crippen LogP contribution in [0, 0.1) is 0 Å². The minimum Gasteiger partial charge on any atom is -0.479 e. The number of rotatable bonds is 5. The summed E-state index contributed by atoms with van der Waals surface area (Å²) in [4.78, 5) is 15.7. The van der Waals surface area contributed by atoms with Crippen molar-refractivity contribution in [3.8, 4) is 5.75 Å². The zero-order valence-corrected chi connectivity index (χ0v) is 10.00. The molecule has 2 rings (SSSR count). The molecule has 18 heavy (non-hydrogen) atoms. The molecule has 1 N–H and O–H groups in total. The first-order chi connectivity index (χ1) is 8.75. The van der Waals surface area contributed by atoms with E-state index in [2.05, 4.69) is 10.3 Å². The maximum Gasteiger partial charge on any atom is 0.261 e. The predicted molar refractivity (Wildman–Crippen MR) is 64.9 cm³/mol. The summed E-state index contributed by atoms with van der Waals surface area (Å²) in [5.41, 5.74) is 0. The third kappa shape index (κ3) is 3.35. The molecule has 2 aromatic rings. The zero-order chi connectivity index (χ0) is 12.8. The topological polar surface area (TPSA) is 64.4 Å². The van der Waals surface area contributed by atoms with Gasteiger partial charge in [-0.2, -0.15) is 0 Å². The average Bonchev–Trinajstić information content (AvgIpc) is 2.90. The summed E-state index contributed by atoms with van der Waals surface area (Å²) in [6.45, 7) is 2.04. The van der Waals surface area contributed by atoms with E-state index in [1.165, 1.54) is 0 Å². The highest BCUT2D eigenvalue weighted by Crippen LogP contribution is 2.09. The van der Waals surface area contributed by atoms with Crippen molar-refractivity contribution < 1.29 is 13.9 Å². The number of carbonyl (C=O) groups is 1. The lowest BCUT2D eigenvalue weighted by Gasteiger charge is -2.13. The van der Waals surface area contributed by atoms with E-state index in [-0.39, 0.29) is 5.91 Å². The molecule has 0 aliphatic carbocycles. The number of amides is 1. The summed E-state index contributed by atoms with van der Waals surface area (Å²) in [6.07, 6.45) is 4.20. The molecule has 1 atom stereocenters. The summed E-state index contributed by atoms with van der Waals surface area (Å²) in [5, 5.41) is 2.73. The van der Waals surface area contributed by atoms with Crippen LogP contribution in [0.15, 0.2) is 47.3 Å². The van der Waals surface area contributed by atoms with Gasteiger partial charge in [0.05, 0.1) is 19.0 Å². The Bertz CT molecular complexity index is 482. The molecule has 5 heteroatoms. The maximum absolute atomic E-state index is 11.7. The number of ether oxygens (including phenoxy) is 1. The Morgan fingerprint density at radius 2 is 2.39 bits per heavy atom. The minimum absolute atomic E-state index is 0.199. The van der Waals surface area contributed by atoms with Crippen LogP contribution in [0.2, 0.25) is 0 Å². The third-order valence-corrected chi connectivity index (χ3v) is 2.33. The molecule has 5 nitrogen and oxygen atoms in total. The maximum atomic E-state index is 11.7. The lowest BCUT2D eigenvalue weighted by molar-refractivity contribution is -0.127. The Hall–Kier alpha value is -2.30. The molecule has 2 heterocycles. The smallest absolute Gasteiger partial charge is 0.261 e. The van der Waals surface area contributed by atoms with Gasteiger partial charge in [0.15, 0.2) is 6.10 Å². The van der Waals surface area contributed by atoms with Crippen LogP contribution in [-0.4, -0.2) is 17.0 Å². The Labute approximate surface area is 105 Å². The molecule has 1 amide bonds. The van der Waals surface area contributed by atoms with Gasteiger partial charge in [-0.25, -0.2) is 0 Å². The molecule has 0 saturated heterocycles. The van der Waals surface area contributed by atoms with Gasteiger partial charge in [0.1, 0.15) is 11.5 Å². The fourth-order valence-corrected chi connectivity index (χ4v) is 1.41. The quantitative estimate of drug-likeness (QED) is 0.873. The normalized spacial score (nSPS) is 11.8. The average molecular weight is 246 g/mol. The zero-order valence-electron chi connectivity index (χ0n) is 10.00. The van der Waals surface area contributed by atoms with Crippen molar-refractivity contribution in [1.29, 1.82) is 0 Å². The second kappa shape index (κ2) is 5.86. The number of hydrogen-bond acceptors (Lipinski definition) is 4. The molecule has 0 aliphatic heterocycles. The first kappa shape index (κ1) is 12.2. The van der Waals surface area contributed by atoms with Crippen molar-refractivity contribution in [2.75, 3.05) is 0 Å². The number of furan rings is 1. The first-order valence-electron chi connectivity index (χ1n) is 5.62. The van der Waals surface area contributed by atoms with Gasteiger partial charge in [-0.15, -0.1) is 0 Å². The Kier molecular flexibility index (Phi) is 3.96. The minimum atomic E-state index is -0.579. The molecule has 0 radical (unpaired) electrons. The summed E-state index contributed by atoms with van der Waals surface area (Å²) in [7, 11) is 0. The lowest BCUT2D eigenvalue weighted by Crippen LogP contribution is -2.35. The Balaban J connectivity index is 1.82. The van der Waals surface area contributed by atoms with Crippen molar-refractivity contribution in [1.82, 2.24) is 10.3 Å². The van der Waals surface area contributed by atoms with Crippen molar-refractivity contribution in [3.63, 3.8) is 0 Å². The highest BCUT2D eigenvalue weighted by molar-refractivity contribution is 5.80. The molecular formula is C13H14N2O3. The number of nitrogens with zero attached hydrogens (tertiary/aromatic N) is 1. The van der Waals surface area contributed by atoms with Crippen LogP contribution < -0.4 is 10.1 Å². The largest absolute Gasteiger partial charge is 0.479 e. The molecule has 94 valence electrons. The molecule has 0 aromatic carbocycles. The molecule has 0 bridgehead atoms. The fraction of sp³-hybridized carbons (Fsp3) is 0.231. The standard InChI is InChI=1S/C13H14N2O3/c1-10(18-12-4-2-6-14-8-12)13(16)15-9-11-5-3-7-17-11/h2-8,10H,9H2,1H3,(H,15,16). The summed E-state index contributed by atoms with van der Waals surface area (Å²) < 4.78 is 10.6. The van der Waals surface area contributed by atoms with Gasteiger partial charge in [0.2, 0.25) is 0 Å². The molecule has 0 aliphatic rings. The number of aromatic nitrogens is 1. The molecular weight excluding hydrogens is 232 g/mol. The third-order valence-electron chi connectivity index (χ3n) is 2.33. The van der Waals surface area contributed by atoms with Crippen molar-refractivity contribution in [2.24, 2.45) is 0 Å².